The van der Waals surface area contributed by atoms with Crippen molar-refractivity contribution in [2.45, 2.75) is 5.92 Å². The van der Waals surface area contributed by atoms with Crippen LogP contribution in [-0.2, 0) is 0 Å². The largest absolute Gasteiger partial charge is 0.396 e. The van der Waals surface area contributed by atoms with Crippen LogP contribution in [-0.4, -0.2) is 23.2 Å². The summed E-state index contributed by atoms with van der Waals surface area (Å²) in [5.74, 6) is -2.08. The lowest BCUT2D eigenvalue weighted by atomic mass is 10.1. The fourth-order valence-corrected chi connectivity index (χ4v) is 0.998. The van der Waals surface area contributed by atoms with Gasteiger partial charge >= 0.3 is 0 Å². The fourth-order valence-electron chi connectivity index (χ4n) is 0.998. The van der Waals surface area contributed by atoms with Gasteiger partial charge in [0.25, 0.3) is 0 Å². The second-order valence-electron chi connectivity index (χ2n) is 2.64. The van der Waals surface area contributed by atoms with Crippen molar-refractivity contribution in [2.24, 2.45) is 5.73 Å². The van der Waals surface area contributed by atoms with Crippen LogP contribution in [0.4, 0.5) is 8.78 Å². The molecule has 3 N–H and O–H groups in total. The second-order valence-corrected chi connectivity index (χ2v) is 2.64. The van der Waals surface area contributed by atoms with Crippen molar-refractivity contribution >= 4 is 0 Å². The molecule has 0 fully saturated rings. The molecule has 3 nitrogen and oxygen atoms in total. The van der Waals surface area contributed by atoms with Gasteiger partial charge in [0, 0.05) is 18.5 Å². The van der Waals surface area contributed by atoms with Crippen LogP contribution < -0.4 is 5.73 Å². The molecule has 0 aliphatic rings. The third kappa shape index (κ3) is 2.19. The van der Waals surface area contributed by atoms with Crippen molar-refractivity contribution in [3.63, 3.8) is 0 Å². The molecule has 1 atom stereocenters. The number of aliphatic hydroxyl groups excluding tert-OH is 1. The summed E-state index contributed by atoms with van der Waals surface area (Å²) in [7, 11) is 0. The van der Waals surface area contributed by atoms with Crippen molar-refractivity contribution in [1.29, 1.82) is 0 Å². The standard InChI is InChI=1S/C8H10F2N2O/c9-6-1-7(10)8(12-3-6)5(2-11)4-13/h1,3,5,13H,2,4,11H2. The Bertz CT molecular complexity index is 289. The molecular weight excluding hydrogens is 178 g/mol. The molecule has 0 saturated heterocycles. The van der Waals surface area contributed by atoms with Crippen LogP contribution >= 0.6 is 0 Å². The highest BCUT2D eigenvalue weighted by Crippen LogP contribution is 2.15. The van der Waals surface area contributed by atoms with E-state index in [1.54, 1.807) is 0 Å². The number of nitrogens with zero attached hydrogens (tertiary/aromatic N) is 1. The molecule has 0 aliphatic carbocycles. The first kappa shape index (κ1) is 10.0. The summed E-state index contributed by atoms with van der Waals surface area (Å²) in [4.78, 5) is 3.53. The Labute approximate surface area is 74.2 Å². The van der Waals surface area contributed by atoms with Gasteiger partial charge in [-0.25, -0.2) is 8.78 Å². The summed E-state index contributed by atoms with van der Waals surface area (Å²) in [5, 5.41) is 8.79. The van der Waals surface area contributed by atoms with Gasteiger partial charge in [-0.05, 0) is 0 Å². The van der Waals surface area contributed by atoms with Gasteiger partial charge in [0.15, 0.2) is 0 Å². The minimum Gasteiger partial charge on any atom is -0.396 e. The third-order valence-electron chi connectivity index (χ3n) is 1.73. The predicted octanol–water partition coefficient (Wildman–Crippen LogP) is 0.394. The number of pyridine rings is 1. The summed E-state index contributed by atoms with van der Waals surface area (Å²) in [6, 6.07) is 0.723. The molecule has 0 amide bonds. The van der Waals surface area contributed by atoms with Crippen molar-refractivity contribution in [3.8, 4) is 0 Å². The molecule has 0 spiro atoms. The molecule has 0 aliphatic heterocycles. The zero-order valence-corrected chi connectivity index (χ0v) is 6.87. The van der Waals surface area contributed by atoms with E-state index < -0.39 is 17.6 Å². The van der Waals surface area contributed by atoms with E-state index in [-0.39, 0.29) is 18.8 Å². The monoisotopic (exact) mass is 188 g/mol. The van der Waals surface area contributed by atoms with Crippen LogP contribution in [0.2, 0.25) is 0 Å². The second kappa shape index (κ2) is 4.25. The van der Waals surface area contributed by atoms with Crippen molar-refractivity contribution in [3.05, 3.63) is 29.6 Å². The highest BCUT2D eigenvalue weighted by molar-refractivity contribution is 5.13. The molecule has 1 rings (SSSR count). The molecule has 1 aromatic rings. The summed E-state index contributed by atoms with van der Waals surface area (Å²) in [6.07, 6.45) is 0.900. The Morgan fingerprint density at radius 3 is 2.69 bits per heavy atom. The Morgan fingerprint density at radius 2 is 2.23 bits per heavy atom. The first-order chi connectivity index (χ1) is 6.19. The van der Waals surface area contributed by atoms with Gasteiger partial charge in [-0.2, -0.15) is 0 Å². The highest BCUT2D eigenvalue weighted by Gasteiger charge is 2.15. The lowest BCUT2D eigenvalue weighted by Crippen LogP contribution is -2.18. The van der Waals surface area contributed by atoms with Gasteiger partial charge in [0.1, 0.15) is 11.6 Å². The van der Waals surface area contributed by atoms with Crippen LogP contribution in [0.3, 0.4) is 0 Å². The number of rotatable bonds is 3. The average molecular weight is 188 g/mol. The zero-order chi connectivity index (χ0) is 9.84. The van der Waals surface area contributed by atoms with Crippen molar-refractivity contribution < 1.29 is 13.9 Å². The van der Waals surface area contributed by atoms with Gasteiger partial charge in [0.05, 0.1) is 18.5 Å². The van der Waals surface area contributed by atoms with Gasteiger partial charge < -0.3 is 10.8 Å². The Morgan fingerprint density at radius 1 is 1.54 bits per heavy atom. The molecule has 0 bridgehead atoms. The first-order valence-electron chi connectivity index (χ1n) is 3.81. The molecule has 5 heteroatoms. The third-order valence-corrected chi connectivity index (χ3v) is 1.73. The minimum atomic E-state index is -0.774. The van der Waals surface area contributed by atoms with Crippen LogP contribution in [0.15, 0.2) is 12.3 Å². The maximum atomic E-state index is 13.0. The summed E-state index contributed by atoms with van der Waals surface area (Å²) in [5.41, 5.74) is 5.27. The summed E-state index contributed by atoms with van der Waals surface area (Å²) in [6.45, 7) is -0.224. The average Bonchev–Trinajstić information content (AvgIpc) is 2.10. The summed E-state index contributed by atoms with van der Waals surface area (Å²) < 4.78 is 25.4. The molecular formula is C8H10F2N2O. The van der Waals surface area contributed by atoms with E-state index in [1.807, 2.05) is 0 Å². The predicted molar refractivity (Wildman–Crippen MR) is 43.0 cm³/mol. The first-order valence-corrected chi connectivity index (χ1v) is 3.81. The maximum Gasteiger partial charge on any atom is 0.148 e. The Kier molecular flexibility index (Phi) is 3.27. The van der Waals surface area contributed by atoms with E-state index in [2.05, 4.69) is 4.98 Å². The number of hydrogen-bond acceptors (Lipinski definition) is 3. The molecule has 0 radical (unpaired) electrons. The van der Waals surface area contributed by atoms with Crippen LogP contribution in [0.1, 0.15) is 11.6 Å². The number of nitrogens with two attached hydrogens (primary N) is 1. The van der Waals surface area contributed by atoms with Gasteiger partial charge in [-0.1, -0.05) is 0 Å². The minimum absolute atomic E-state index is 0.00593. The SMILES string of the molecule is NCC(CO)c1ncc(F)cc1F. The van der Waals surface area contributed by atoms with E-state index in [1.165, 1.54) is 0 Å². The highest BCUT2D eigenvalue weighted by atomic mass is 19.1. The molecule has 72 valence electrons. The van der Waals surface area contributed by atoms with Crippen molar-refractivity contribution in [1.82, 2.24) is 4.98 Å². The topological polar surface area (TPSA) is 59.1 Å². The van der Waals surface area contributed by atoms with Crippen LogP contribution in [0.5, 0.6) is 0 Å². The van der Waals surface area contributed by atoms with E-state index in [0.717, 1.165) is 12.3 Å². The molecule has 1 unspecified atom stereocenters. The number of hydrogen-bond donors (Lipinski definition) is 2. The van der Waals surface area contributed by atoms with Gasteiger partial charge in [-0.15, -0.1) is 0 Å². The van der Waals surface area contributed by atoms with E-state index >= 15 is 0 Å². The maximum absolute atomic E-state index is 13.0. The van der Waals surface area contributed by atoms with Crippen molar-refractivity contribution in [2.75, 3.05) is 13.2 Å². The number of halogens is 2. The van der Waals surface area contributed by atoms with E-state index in [4.69, 9.17) is 10.8 Å². The van der Waals surface area contributed by atoms with Crippen LogP contribution in [0.25, 0.3) is 0 Å². The van der Waals surface area contributed by atoms with Gasteiger partial charge in [-0.3, -0.25) is 4.98 Å². The Hall–Kier alpha value is -1.07. The van der Waals surface area contributed by atoms with Gasteiger partial charge in [0.2, 0.25) is 0 Å². The quantitative estimate of drug-likeness (QED) is 0.721. The molecule has 13 heavy (non-hydrogen) atoms. The number of aliphatic hydroxyl groups is 1. The molecule has 0 aromatic carbocycles. The fraction of sp³-hybridized carbons (Fsp3) is 0.375. The Balaban J connectivity index is 2.99. The normalized spacial score (nSPS) is 12.9. The molecule has 0 saturated carbocycles. The molecule has 1 heterocycles. The molecule has 1 aromatic heterocycles. The summed E-state index contributed by atoms with van der Waals surface area (Å²) >= 11 is 0. The number of aromatic nitrogens is 1. The smallest absolute Gasteiger partial charge is 0.148 e. The lowest BCUT2D eigenvalue weighted by Gasteiger charge is -2.10. The zero-order valence-electron chi connectivity index (χ0n) is 6.87. The van der Waals surface area contributed by atoms with Crippen LogP contribution in [0, 0.1) is 11.6 Å². The van der Waals surface area contributed by atoms with E-state index in [9.17, 15) is 8.78 Å². The van der Waals surface area contributed by atoms with E-state index in [0.29, 0.717) is 0 Å². The lowest BCUT2D eigenvalue weighted by molar-refractivity contribution is 0.262.